The lowest BCUT2D eigenvalue weighted by Gasteiger charge is -2.00. The second kappa shape index (κ2) is 2.99. The maximum atomic E-state index is 5.57. The second-order valence-electron chi connectivity index (χ2n) is 2.87. The van der Waals surface area contributed by atoms with E-state index >= 15 is 0 Å². The number of anilines is 1. The van der Waals surface area contributed by atoms with Crippen molar-refractivity contribution < 1.29 is 4.74 Å². The van der Waals surface area contributed by atoms with Gasteiger partial charge in [0.2, 0.25) is 0 Å². The Hall–Kier alpha value is -1.28. The Bertz CT molecular complexity index is 300. The van der Waals surface area contributed by atoms with E-state index in [2.05, 4.69) is 6.08 Å². The van der Waals surface area contributed by atoms with Crippen molar-refractivity contribution in [1.82, 2.24) is 0 Å². The molecule has 0 spiro atoms. The third kappa shape index (κ3) is 1.34. The molecule has 1 aliphatic rings. The van der Waals surface area contributed by atoms with Gasteiger partial charge < -0.3 is 10.5 Å². The smallest absolute Gasteiger partial charge is 0.0724 e. The van der Waals surface area contributed by atoms with Crippen molar-refractivity contribution in [1.29, 1.82) is 0 Å². The monoisotopic (exact) mass is 161 g/mol. The van der Waals surface area contributed by atoms with Crippen molar-refractivity contribution in [3.8, 4) is 0 Å². The zero-order chi connectivity index (χ0) is 8.39. The fourth-order valence-corrected chi connectivity index (χ4v) is 1.29. The highest BCUT2D eigenvalue weighted by molar-refractivity contribution is 5.68. The minimum absolute atomic E-state index is 0.726. The van der Waals surface area contributed by atoms with Crippen LogP contribution in [0.5, 0.6) is 0 Å². The summed E-state index contributed by atoms with van der Waals surface area (Å²) in [6.45, 7) is 1.46. The summed E-state index contributed by atoms with van der Waals surface area (Å²) in [5.74, 6) is 0. The molecule has 2 N–H and O–H groups in total. The molecule has 0 bridgehead atoms. The molecular weight excluding hydrogens is 150 g/mol. The van der Waals surface area contributed by atoms with Gasteiger partial charge in [0.1, 0.15) is 0 Å². The molecule has 2 rings (SSSR count). The van der Waals surface area contributed by atoms with E-state index < -0.39 is 0 Å². The minimum atomic E-state index is 0.726. The van der Waals surface area contributed by atoms with Gasteiger partial charge >= 0.3 is 0 Å². The van der Waals surface area contributed by atoms with Gasteiger partial charge in [-0.15, -0.1) is 0 Å². The predicted octanol–water partition coefficient (Wildman–Crippen LogP) is 1.68. The second-order valence-corrected chi connectivity index (χ2v) is 2.87. The van der Waals surface area contributed by atoms with Crippen LogP contribution in [-0.4, -0.2) is 13.2 Å². The molecule has 0 fully saturated rings. The van der Waals surface area contributed by atoms with Crippen LogP contribution in [0.3, 0.4) is 0 Å². The molecular formula is C10H11NO. The maximum absolute atomic E-state index is 5.57. The first-order chi connectivity index (χ1) is 5.86. The predicted molar refractivity (Wildman–Crippen MR) is 49.7 cm³/mol. The molecule has 2 nitrogen and oxygen atoms in total. The fourth-order valence-electron chi connectivity index (χ4n) is 1.29. The van der Waals surface area contributed by atoms with E-state index in [4.69, 9.17) is 10.5 Å². The number of benzene rings is 1. The topological polar surface area (TPSA) is 35.2 Å². The van der Waals surface area contributed by atoms with Crippen molar-refractivity contribution in [3.05, 3.63) is 35.9 Å². The molecule has 0 aliphatic carbocycles. The molecule has 1 aromatic rings. The van der Waals surface area contributed by atoms with Crippen LogP contribution in [0.4, 0.5) is 5.69 Å². The van der Waals surface area contributed by atoms with Crippen LogP contribution < -0.4 is 5.73 Å². The van der Waals surface area contributed by atoms with Crippen LogP contribution >= 0.6 is 0 Å². The third-order valence-corrected chi connectivity index (χ3v) is 1.99. The molecule has 1 heterocycles. The molecule has 12 heavy (non-hydrogen) atoms. The standard InChI is InChI=1S/C10H11NO/c11-10-3-1-8(2-4-10)9-5-6-12-7-9/h1-5H,6-7,11H2. The lowest BCUT2D eigenvalue weighted by molar-refractivity contribution is 0.216. The van der Waals surface area contributed by atoms with E-state index in [9.17, 15) is 0 Å². The van der Waals surface area contributed by atoms with E-state index in [0.717, 1.165) is 18.9 Å². The quantitative estimate of drug-likeness (QED) is 0.636. The Labute approximate surface area is 71.6 Å². The van der Waals surface area contributed by atoms with Crippen LogP contribution in [-0.2, 0) is 4.74 Å². The van der Waals surface area contributed by atoms with Gasteiger partial charge in [0.05, 0.1) is 13.2 Å². The number of nitrogen functional groups attached to an aromatic ring is 1. The summed E-state index contributed by atoms with van der Waals surface area (Å²) in [5.41, 5.74) is 8.85. The van der Waals surface area contributed by atoms with Crippen molar-refractivity contribution in [2.45, 2.75) is 0 Å². The van der Waals surface area contributed by atoms with E-state index in [0.29, 0.717) is 0 Å². The first-order valence-corrected chi connectivity index (χ1v) is 3.99. The Kier molecular flexibility index (Phi) is 1.84. The first-order valence-electron chi connectivity index (χ1n) is 3.99. The summed E-state index contributed by atoms with van der Waals surface area (Å²) in [7, 11) is 0. The molecule has 0 unspecified atom stereocenters. The number of nitrogens with two attached hydrogens (primary N) is 1. The summed E-state index contributed by atoms with van der Waals surface area (Å²) >= 11 is 0. The van der Waals surface area contributed by atoms with Gasteiger partial charge in [0, 0.05) is 5.69 Å². The van der Waals surface area contributed by atoms with Crippen molar-refractivity contribution in [2.75, 3.05) is 18.9 Å². The van der Waals surface area contributed by atoms with Crippen LogP contribution in [0.25, 0.3) is 5.57 Å². The Morgan fingerprint density at radius 2 is 1.92 bits per heavy atom. The molecule has 0 saturated carbocycles. The van der Waals surface area contributed by atoms with Crippen molar-refractivity contribution in [3.63, 3.8) is 0 Å². The van der Waals surface area contributed by atoms with E-state index in [1.165, 1.54) is 11.1 Å². The molecule has 1 aromatic carbocycles. The van der Waals surface area contributed by atoms with Crippen LogP contribution in [0.1, 0.15) is 5.56 Å². The lowest BCUT2D eigenvalue weighted by atomic mass is 10.1. The van der Waals surface area contributed by atoms with Gasteiger partial charge in [-0.2, -0.15) is 0 Å². The average Bonchev–Trinajstić information content (AvgIpc) is 2.58. The van der Waals surface area contributed by atoms with Crippen LogP contribution in [0, 0.1) is 0 Å². The minimum Gasteiger partial charge on any atom is -0.399 e. The number of hydrogen-bond donors (Lipinski definition) is 1. The molecule has 0 amide bonds. The van der Waals surface area contributed by atoms with E-state index in [-0.39, 0.29) is 0 Å². The SMILES string of the molecule is Nc1ccc(C2=CCOC2)cc1. The van der Waals surface area contributed by atoms with Gasteiger partial charge in [-0.05, 0) is 23.3 Å². The third-order valence-electron chi connectivity index (χ3n) is 1.99. The van der Waals surface area contributed by atoms with E-state index in [1.807, 2.05) is 24.3 Å². The number of rotatable bonds is 1. The van der Waals surface area contributed by atoms with Gasteiger partial charge in [-0.3, -0.25) is 0 Å². The largest absolute Gasteiger partial charge is 0.399 e. The average molecular weight is 161 g/mol. The normalized spacial score (nSPS) is 16.2. The summed E-state index contributed by atoms with van der Waals surface area (Å²) < 4.78 is 5.22. The number of hydrogen-bond acceptors (Lipinski definition) is 2. The van der Waals surface area contributed by atoms with Crippen molar-refractivity contribution >= 4 is 11.3 Å². The molecule has 0 saturated heterocycles. The summed E-state index contributed by atoms with van der Waals surface area (Å²) in [4.78, 5) is 0. The molecule has 62 valence electrons. The van der Waals surface area contributed by atoms with Gasteiger partial charge in [0.25, 0.3) is 0 Å². The summed E-state index contributed by atoms with van der Waals surface area (Å²) in [6.07, 6.45) is 2.10. The molecule has 1 aliphatic heterocycles. The first kappa shape index (κ1) is 7.37. The highest BCUT2D eigenvalue weighted by Crippen LogP contribution is 2.19. The molecule has 0 aromatic heterocycles. The highest BCUT2D eigenvalue weighted by atomic mass is 16.5. The molecule has 0 radical (unpaired) electrons. The summed E-state index contributed by atoms with van der Waals surface area (Å²) in [6, 6.07) is 7.87. The Balaban J connectivity index is 2.28. The fraction of sp³-hybridized carbons (Fsp3) is 0.200. The Morgan fingerprint density at radius 1 is 1.17 bits per heavy atom. The van der Waals surface area contributed by atoms with Gasteiger partial charge in [-0.1, -0.05) is 18.2 Å². The molecule has 0 atom stereocenters. The van der Waals surface area contributed by atoms with Crippen molar-refractivity contribution in [2.24, 2.45) is 0 Å². The van der Waals surface area contributed by atoms with Crippen LogP contribution in [0.15, 0.2) is 30.3 Å². The lowest BCUT2D eigenvalue weighted by Crippen LogP contribution is -1.89. The van der Waals surface area contributed by atoms with Gasteiger partial charge in [-0.25, -0.2) is 0 Å². The highest BCUT2D eigenvalue weighted by Gasteiger charge is 2.05. The van der Waals surface area contributed by atoms with E-state index in [1.54, 1.807) is 0 Å². The zero-order valence-corrected chi connectivity index (χ0v) is 6.79. The number of ether oxygens (including phenoxy) is 1. The van der Waals surface area contributed by atoms with Gasteiger partial charge in [0.15, 0.2) is 0 Å². The maximum Gasteiger partial charge on any atom is 0.0724 e. The van der Waals surface area contributed by atoms with Crippen LogP contribution in [0.2, 0.25) is 0 Å². The zero-order valence-electron chi connectivity index (χ0n) is 6.79. The molecule has 2 heteroatoms. The Morgan fingerprint density at radius 3 is 2.50 bits per heavy atom. The summed E-state index contributed by atoms with van der Waals surface area (Å²) in [5, 5.41) is 0.